The third-order valence-electron chi connectivity index (χ3n) is 5.59. The van der Waals surface area contributed by atoms with Crippen molar-refractivity contribution in [3.05, 3.63) is 36.8 Å². The van der Waals surface area contributed by atoms with E-state index in [4.69, 9.17) is 21.8 Å². The third-order valence-corrected chi connectivity index (χ3v) is 5.89. The number of thiocarbonyl (C=S) groups is 1. The van der Waals surface area contributed by atoms with Crippen molar-refractivity contribution in [1.29, 1.82) is 0 Å². The molecule has 170 valence electrons. The minimum absolute atomic E-state index is 0.104. The summed E-state index contributed by atoms with van der Waals surface area (Å²) >= 11 is 5.28. The Kier molecular flexibility index (Phi) is 6.54. The molecule has 2 aromatic rings. The van der Waals surface area contributed by atoms with E-state index in [1.807, 2.05) is 13.8 Å². The van der Waals surface area contributed by atoms with Crippen LogP contribution >= 0.6 is 12.2 Å². The molecule has 2 saturated heterocycles. The predicted octanol–water partition coefficient (Wildman–Crippen LogP) is 1.86. The fraction of sp³-hybridized carbons (Fsp3) is 0.476. The maximum Gasteiger partial charge on any atom is 0.415 e. The van der Waals surface area contributed by atoms with Gasteiger partial charge in [-0.3, -0.25) is 4.79 Å². The number of nitrogens with one attached hydrogen (secondary N) is 1. The quantitative estimate of drug-likeness (QED) is 0.655. The first-order chi connectivity index (χ1) is 15.4. The zero-order chi connectivity index (χ0) is 22.7. The van der Waals surface area contributed by atoms with Crippen molar-refractivity contribution in [2.24, 2.45) is 11.8 Å². The number of likely N-dealkylation sites (tertiary alicyclic amines) is 1. The van der Waals surface area contributed by atoms with E-state index < -0.39 is 6.09 Å². The lowest BCUT2D eigenvalue weighted by Gasteiger charge is -2.30. The van der Waals surface area contributed by atoms with E-state index in [0.717, 1.165) is 12.8 Å². The number of hydrogen-bond donors (Lipinski definition) is 1. The molecule has 0 radical (unpaired) electrons. The van der Waals surface area contributed by atoms with Crippen LogP contribution in [-0.2, 0) is 4.79 Å². The summed E-state index contributed by atoms with van der Waals surface area (Å²) in [6, 6.07) is 4.67. The monoisotopic (exact) mass is 458 g/mol. The molecule has 1 N–H and O–H groups in total. The first-order valence-electron chi connectivity index (χ1n) is 10.6. The zero-order valence-corrected chi connectivity index (χ0v) is 18.8. The Balaban J connectivity index is 1.27. The van der Waals surface area contributed by atoms with E-state index in [1.165, 1.54) is 15.9 Å². The highest BCUT2D eigenvalue weighted by Crippen LogP contribution is 2.23. The van der Waals surface area contributed by atoms with Gasteiger partial charge in [-0.2, -0.15) is 0 Å². The third kappa shape index (κ3) is 4.82. The second kappa shape index (κ2) is 9.51. The summed E-state index contributed by atoms with van der Waals surface area (Å²) in [4.78, 5) is 39.5. The van der Waals surface area contributed by atoms with Crippen molar-refractivity contribution in [3.63, 3.8) is 0 Å². The smallest absolute Gasteiger partial charge is 0.409 e. The summed E-state index contributed by atoms with van der Waals surface area (Å²) < 4.78 is 5.47. The van der Waals surface area contributed by atoms with Crippen LogP contribution in [0.1, 0.15) is 26.7 Å². The maximum atomic E-state index is 12.6. The standard InChI is InChI=1S/C21H26N6O4S/c1-14(2)18-19(28)27(20(32)24-18)17-5-4-16(12-22-17)31-21(29)25-10-6-15(7-11-25)13-30-26-9-3-8-23-26/h3-5,8-9,12,14-15,18H,6-7,10-11,13H2,1-2H3,(H,24,32). The molecule has 0 saturated carbocycles. The predicted molar refractivity (Wildman–Crippen MR) is 120 cm³/mol. The van der Waals surface area contributed by atoms with Crippen molar-refractivity contribution < 1.29 is 19.2 Å². The van der Waals surface area contributed by atoms with Crippen LogP contribution in [0.3, 0.4) is 0 Å². The van der Waals surface area contributed by atoms with Crippen molar-refractivity contribution in [2.75, 3.05) is 24.6 Å². The number of pyridine rings is 1. The van der Waals surface area contributed by atoms with Crippen molar-refractivity contribution in [1.82, 2.24) is 25.1 Å². The Hall–Kier alpha value is -3.21. The largest absolute Gasteiger partial charge is 0.415 e. The van der Waals surface area contributed by atoms with Gasteiger partial charge in [-0.15, -0.1) is 9.94 Å². The van der Waals surface area contributed by atoms with Crippen LogP contribution in [0.2, 0.25) is 0 Å². The molecule has 0 aromatic carbocycles. The number of amides is 2. The molecule has 1 unspecified atom stereocenters. The normalized spacial score (nSPS) is 19.4. The molecular weight excluding hydrogens is 432 g/mol. The lowest BCUT2D eigenvalue weighted by molar-refractivity contribution is -0.119. The summed E-state index contributed by atoms with van der Waals surface area (Å²) in [5, 5.41) is 7.36. The molecule has 2 aliphatic rings. The van der Waals surface area contributed by atoms with Gasteiger partial charge in [-0.05, 0) is 55.1 Å². The van der Waals surface area contributed by atoms with Crippen LogP contribution in [0.5, 0.6) is 5.75 Å². The van der Waals surface area contributed by atoms with E-state index in [2.05, 4.69) is 15.4 Å². The van der Waals surface area contributed by atoms with E-state index >= 15 is 0 Å². The lowest BCUT2D eigenvalue weighted by Crippen LogP contribution is -2.41. The molecule has 4 rings (SSSR count). The van der Waals surface area contributed by atoms with E-state index in [9.17, 15) is 9.59 Å². The summed E-state index contributed by atoms with van der Waals surface area (Å²) in [5.74, 6) is 1.03. The highest BCUT2D eigenvalue weighted by molar-refractivity contribution is 7.80. The molecule has 10 nitrogen and oxygen atoms in total. The number of hydrogen-bond acceptors (Lipinski definition) is 7. The average molecular weight is 459 g/mol. The van der Waals surface area contributed by atoms with E-state index in [-0.39, 0.29) is 17.9 Å². The number of ether oxygens (including phenoxy) is 1. The topological polar surface area (TPSA) is 102 Å². The number of anilines is 1. The van der Waals surface area contributed by atoms with Crippen molar-refractivity contribution in [3.8, 4) is 5.75 Å². The van der Waals surface area contributed by atoms with Crippen molar-refractivity contribution in [2.45, 2.75) is 32.7 Å². The first kappa shape index (κ1) is 22.0. The van der Waals surface area contributed by atoms with Gasteiger partial charge < -0.3 is 19.8 Å². The van der Waals surface area contributed by atoms with Crippen LogP contribution in [0.25, 0.3) is 0 Å². The summed E-state index contributed by atoms with van der Waals surface area (Å²) in [5.41, 5.74) is 0. The Bertz CT molecular complexity index is 957. The number of piperidine rings is 1. The Labute approximate surface area is 191 Å². The summed E-state index contributed by atoms with van der Waals surface area (Å²) in [6.07, 6.45) is 6.07. The first-order valence-corrected chi connectivity index (χ1v) is 11.0. The molecule has 2 fully saturated rings. The number of rotatable bonds is 6. The zero-order valence-electron chi connectivity index (χ0n) is 18.0. The minimum atomic E-state index is -0.416. The molecule has 2 aliphatic heterocycles. The number of aromatic nitrogens is 3. The second-order valence-electron chi connectivity index (χ2n) is 8.20. The highest BCUT2D eigenvalue weighted by atomic mass is 32.1. The maximum absolute atomic E-state index is 12.6. The van der Waals surface area contributed by atoms with Gasteiger partial charge in [-0.1, -0.05) is 13.8 Å². The van der Waals surface area contributed by atoms with Crippen LogP contribution in [0, 0.1) is 11.8 Å². The number of carbonyl (C=O) groups excluding carboxylic acids is 2. The number of carbonyl (C=O) groups is 2. The molecule has 0 aliphatic carbocycles. The fourth-order valence-electron chi connectivity index (χ4n) is 3.69. The van der Waals surface area contributed by atoms with Crippen molar-refractivity contribution >= 4 is 35.1 Å². The van der Waals surface area contributed by atoms with Crippen LogP contribution in [0.4, 0.5) is 10.6 Å². The highest BCUT2D eigenvalue weighted by Gasteiger charge is 2.38. The molecule has 2 amide bonds. The summed E-state index contributed by atoms with van der Waals surface area (Å²) in [6.45, 7) is 5.64. The molecular formula is C21H26N6O4S. The van der Waals surface area contributed by atoms with Gasteiger partial charge in [0.2, 0.25) is 0 Å². The lowest BCUT2D eigenvalue weighted by atomic mass is 9.98. The summed E-state index contributed by atoms with van der Waals surface area (Å²) in [7, 11) is 0. The van der Waals surface area contributed by atoms with E-state index in [0.29, 0.717) is 42.3 Å². The fourth-order valence-corrected chi connectivity index (χ4v) is 4.00. The van der Waals surface area contributed by atoms with Gasteiger partial charge in [0.1, 0.15) is 18.5 Å². The Morgan fingerprint density at radius 3 is 2.69 bits per heavy atom. The molecule has 0 spiro atoms. The Morgan fingerprint density at radius 2 is 2.09 bits per heavy atom. The van der Waals surface area contributed by atoms with E-state index in [1.54, 1.807) is 35.5 Å². The molecule has 0 bridgehead atoms. The van der Waals surface area contributed by atoms with Crippen LogP contribution in [-0.4, -0.2) is 62.7 Å². The van der Waals surface area contributed by atoms with Crippen LogP contribution < -0.4 is 19.8 Å². The van der Waals surface area contributed by atoms with Crippen LogP contribution in [0.15, 0.2) is 36.8 Å². The second-order valence-corrected chi connectivity index (χ2v) is 8.59. The number of nitrogens with zero attached hydrogens (tertiary/aromatic N) is 5. The Morgan fingerprint density at radius 1 is 1.31 bits per heavy atom. The molecule has 32 heavy (non-hydrogen) atoms. The molecule has 2 aromatic heterocycles. The molecule has 1 atom stereocenters. The van der Waals surface area contributed by atoms with Gasteiger partial charge in [0, 0.05) is 13.1 Å². The SMILES string of the molecule is CC(C)C1NC(=S)N(c2ccc(OC(=O)N3CCC(COn4cccn4)CC3)cn2)C1=O. The van der Waals surface area contributed by atoms with Gasteiger partial charge >= 0.3 is 6.09 Å². The van der Waals surface area contributed by atoms with Gasteiger partial charge in [0.15, 0.2) is 10.9 Å². The average Bonchev–Trinajstić information content (AvgIpc) is 3.41. The minimum Gasteiger partial charge on any atom is -0.409 e. The van der Waals surface area contributed by atoms with Gasteiger partial charge in [0.05, 0.1) is 18.6 Å². The molecule has 11 heteroatoms. The van der Waals surface area contributed by atoms with Gasteiger partial charge in [-0.25, -0.2) is 14.7 Å². The molecule has 4 heterocycles. The van der Waals surface area contributed by atoms with Gasteiger partial charge in [0.25, 0.3) is 5.91 Å².